The van der Waals surface area contributed by atoms with Crippen LogP contribution < -0.4 is 15.4 Å². The van der Waals surface area contributed by atoms with E-state index >= 15 is 0 Å². The van der Waals surface area contributed by atoms with Crippen molar-refractivity contribution in [3.63, 3.8) is 0 Å². The number of nitrogens with one attached hydrogen (secondary N) is 2. The minimum absolute atomic E-state index is 0.196. The highest BCUT2D eigenvalue weighted by atomic mass is 19.1. The van der Waals surface area contributed by atoms with Gasteiger partial charge in [0.05, 0.1) is 7.11 Å². The summed E-state index contributed by atoms with van der Waals surface area (Å²) in [4.78, 5) is 4.21. The molecule has 0 atom stereocenters. The molecule has 2 aromatic rings. The Hall–Kier alpha value is -2.56. The summed E-state index contributed by atoms with van der Waals surface area (Å²) in [5, 5.41) is 6.55. The maximum Gasteiger partial charge on any atom is 0.190 e. The van der Waals surface area contributed by atoms with Crippen LogP contribution in [0.15, 0.2) is 53.5 Å². The van der Waals surface area contributed by atoms with E-state index in [0.29, 0.717) is 6.54 Å². The molecular weight excluding hydrogens is 317 g/mol. The van der Waals surface area contributed by atoms with E-state index in [1.165, 1.54) is 11.6 Å². The summed E-state index contributed by atoms with van der Waals surface area (Å²) in [7, 11) is 3.42. The summed E-state index contributed by atoms with van der Waals surface area (Å²) >= 11 is 0. The third kappa shape index (κ3) is 6.83. The van der Waals surface area contributed by atoms with Crippen molar-refractivity contribution in [2.45, 2.75) is 19.3 Å². The Morgan fingerprint density at radius 1 is 1.00 bits per heavy atom. The molecule has 0 radical (unpaired) electrons. The van der Waals surface area contributed by atoms with Crippen molar-refractivity contribution in [3.8, 4) is 5.75 Å². The van der Waals surface area contributed by atoms with Crippen molar-refractivity contribution < 1.29 is 9.13 Å². The maximum absolute atomic E-state index is 13.1. The van der Waals surface area contributed by atoms with E-state index in [1.807, 2.05) is 18.2 Å². The fraction of sp³-hybridized carbons (Fsp3) is 0.350. The van der Waals surface area contributed by atoms with Crippen molar-refractivity contribution >= 4 is 5.96 Å². The minimum Gasteiger partial charge on any atom is -0.497 e. The van der Waals surface area contributed by atoms with Crippen LogP contribution in [0.3, 0.4) is 0 Å². The van der Waals surface area contributed by atoms with E-state index in [4.69, 9.17) is 4.74 Å². The van der Waals surface area contributed by atoms with E-state index in [-0.39, 0.29) is 5.82 Å². The number of nitrogens with zero attached hydrogens (tertiary/aromatic N) is 1. The topological polar surface area (TPSA) is 45.7 Å². The Morgan fingerprint density at radius 2 is 1.76 bits per heavy atom. The van der Waals surface area contributed by atoms with Gasteiger partial charge in [0, 0.05) is 20.1 Å². The van der Waals surface area contributed by atoms with Crippen molar-refractivity contribution in [2.75, 3.05) is 27.2 Å². The van der Waals surface area contributed by atoms with Crippen molar-refractivity contribution in [1.29, 1.82) is 0 Å². The standard InChI is InChI=1S/C20H26FN3O/c1-22-20(24-14-12-17-5-3-7-18(21)15-17)23-13-4-6-16-8-10-19(25-2)11-9-16/h3,5,7-11,15H,4,6,12-14H2,1-2H3,(H2,22,23,24). The SMILES string of the molecule is CN=C(NCCCc1ccc(OC)cc1)NCCc1cccc(F)c1. The van der Waals surface area contributed by atoms with Crippen molar-refractivity contribution in [2.24, 2.45) is 4.99 Å². The van der Waals surface area contributed by atoms with E-state index in [9.17, 15) is 4.39 Å². The zero-order chi connectivity index (χ0) is 17.9. The summed E-state index contributed by atoms with van der Waals surface area (Å²) < 4.78 is 18.3. The molecule has 2 N–H and O–H groups in total. The molecule has 0 saturated carbocycles. The van der Waals surface area contributed by atoms with Gasteiger partial charge in [0.25, 0.3) is 0 Å². The molecule has 25 heavy (non-hydrogen) atoms. The van der Waals surface area contributed by atoms with E-state index in [0.717, 1.165) is 43.1 Å². The van der Waals surface area contributed by atoms with Crippen LogP contribution in [0.2, 0.25) is 0 Å². The second kappa shape index (κ2) is 10.3. The second-order valence-corrected chi connectivity index (χ2v) is 5.76. The fourth-order valence-corrected chi connectivity index (χ4v) is 2.53. The first-order chi connectivity index (χ1) is 12.2. The van der Waals surface area contributed by atoms with Crippen LogP contribution in [-0.2, 0) is 12.8 Å². The Bertz CT molecular complexity index is 671. The lowest BCUT2D eigenvalue weighted by Gasteiger charge is -2.12. The van der Waals surface area contributed by atoms with E-state index < -0.39 is 0 Å². The summed E-state index contributed by atoms with van der Waals surface area (Å²) in [6.45, 7) is 1.55. The fourth-order valence-electron chi connectivity index (χ4n) is 2.53. The highest BCUT2D eigenvalue weighted by molar-refractivity contribution is 5.79. The van der Waals surface area contributed by atoms with Crippen LogP contribution in [0.4, 0.5) is 4.39 Å². The van der Waals surface area contributed by atoms with Gasteiger partial charge >= 0.3 is 0 Å². The van der Waals surface area contributed by atoms with Gasteiger partial charge < -0.3 is 15.4 Å². The van der Waals surface area contributed by atoms with E-state index in [1.54, 1.807) is 26.3 Å². The molecule has 0 unspecified atom stereocenters. The maximum atomic E-state index is 13.1. The normalized spacial score (nSPS) is 11.2. The second-order valence-electron chi connectivity index (χ2n) is 5.76. The number of methoxy groups -OCH3 is 1. The molecule has 0 saturated heterocycles. The third-order valence-corrected chi connectivity index (χ3v) is 3.91. The zero-order valence-corrected chi connectivity index (χ0v) is 14.9. The van der Waals surface area contributed by atoms with Gasteiger partial charge in [-0.3, -0.25) is 4.99 Å². The van der Waals surface area contributed by atoms with Gasteiger partial charge in [-0.1, -0.05) is 24.3 Å². The average molecular weight is 343 g/mol. The highest BCUT2D eigenvalue weighted by Crippen LogP contribution is 2.12. The molecule has 0 aromatic heterocycles. The number of hydrogen-bond acceptors (Lipinski definition) is 2. The van der Waals surface area contributed by atoms with Gasteiger partial charge in [0.15, 0.2) is 5.96 Å². The molecule has 0 spiro atoms. The Morgan fingerprint density at radius 3 is 2.44 bits per heavy atom. The van der Waals surface area contributed by atoms with Gasteiger partial charge in [-0.2, -0.15) is 0 Å². The lowest BCUT2D eigenvalue weighted by Crippen LogP contribution is -2.38. The van der Waals surface area contributed by atoms with E-state index in [2.05, 4.69) is 27.8 Å². The first-order valence-corrected chi connectivity index (χ1v) is 8.53. The summed E-state index contributed by atoms with van der Waals surface area (Å²) in [5.41, 5.74) is 2.26. The molecule has 0 amide bonds. The lowest BCUT2D eigenvalue weighted by molar-refractivity contribution is 0.414. The predicted molar refractivity (Wildman–Crippen MR) is 101 cm³/mol. The largest absolute Gasteiger partial charge is 0.497 e. The Kier molecular flexibility index (Phi) is 7.76. The molecule has 0 aliphatic heterocycles. The van der Waals surface area contributed by atoms with Crippen LogP contribution >= 0.6 is 0 Å². The number of aliphatic imine (C=N–C) groups is 1. The molecule has 2 aromatic carbocycles. The summed E-state index contributed by atoms with van der Waals surface area (Å²) in [5.74, 6) is 1.45. The molecule has 0 heterocycles. The monoisotopic (exact) mass is 343 g/mol. The summed E-state index contributed by atoms with van der Waals surface area (Å²) in [6, 6.07) is 14.8. The van der Waals surface area contributed by atoms with Crippen LogP contribution in [0, 0.1) is 5.82 Å². The quantitative estimate of drug-likeness (QED) is 0.440. The lowest BCUT2D eigenvalue weighted by atomic mass is 10.1. The molecule has 4 nitrogen and oxygen atoms in total. The zero-order valence-electron chi connectivity index (χ0n) is 14.9. The molecular formula is C20H26FN3O. The minimum atomic E-state index is -0.196. The van der Waals surface area contributed by atoms with Gasteiger partial charge in [-0.25, -0.2) is 4.39 Å². The average Bonchev–Trinajstić information content (AvgIpc) is 2.64. The van der Waals surface area contributed by atoms with Gasteiger partial charge in [0.2, 0.25) is 0 Å². The first-order valence-electron chi connectivity index (χ1n) is 8.53. The molecule has 134 valence electrons. The Balaban J connectivity index is 1.64. The summed E-state index contributed by atoms with van der Waals surface area (Å²) in [6.07, 6.45) is 2.76. The van der Waals surface area contributed by atoms with Crippen LogP contribution in [0.25, 0.3) is 0 Å². The van der Waals surface area contributed by atoms with Crippen LogP contribution in [0.1, 0.15) is 17.5 Å². The number of rotatable bonds is 8. The third-order valence-electron chi connectivity index (χ3n) is 3.91. The van der Waals surface area contributed by atoms with Gasteiger partial charge in [-0.15, -0.1) is 0 Å². The van der Waals surface area contributed by atoms with Crippen LogP contribution in [-0.4, -0.2) is 33.2 Å². The Labute approximate surface area is 149 Å². The molecule has 0 fully saturated rings. The number of ether oxygens (including phenoxy) is 1. The highest BCUT2D eigenvalue weighted by Gasteiger charge is 2.00. The predicted octanol–water partition coefficient (Wildman–Crippen LogP) is 3.17. The molecule has 0 aliphatic carbocycles. The smallest absolute Gasteiger partial charge is 0.190 e. The number of hydrogen-bond donors (Lipinski definition) is 2. The van der Waals surface area contributed by atoms with Gasteiger partial charge in [0.1, 0.15) is 11.6 Å². The number of guanidine groups is 1. The molecule has 5 heteroatoms. The van der Waals surface area contributed by atoms with Crippen molar-refractivity contribution in [3.05, 3.63) is 65.5 Å². The first kappa shape index (κ1) is 18.8. The van der Waals surface area contributed by atoms with Crippen LogP contribution in [0.5, 0.6) is 5.75 Å². The molecule has 0 aliphatic rings. The number of aryl methyl sites for hydroxylation is 1. The van der Waals surface area contributed by atoms with Crippen molar-refractivity contribution in [1.82, 2.24) is 10.6 Å². The molecule has 2 rings (SSSR count). The molecule has 0 bridgehead atoms. The number of benzene rings is 2. The van der Waals surface area contributed by atoms with Gasteiger partial charge in [-0.05, 0) is 54.7 Å². The number of halogens is 1.